The first kappa shape index (κ1) is 21.1. The van der Waals surface area contributed by atoms with E-state index < -0.39 is 0 Å². The molecular weight excluding hydrogens is 390 g/mol. The number of nitrogens with zero attached hydrogens (tertiary/aromatic N) is 4. The number of carbonyl (C=O) groups is 1. The number of ether oxygens (including phenoxy) is 1. The second-order valence-electron chi connectivity index (χ2n) is 8.59. The van der Waals surface area contributed by atoms with Crippen molar-refractivity contribution in [2.75, 3.05) is 6.61 Å². The molecule has 0 saturated heterocycles. The van der Waals surface area contributed by atoms with Crippen LogP contribution in [0, 0.1) is 5.41 Å². The molecule has 2 heterocycles. The highest BCUT2D eigenvalue weighted by Gasteiger charge is 2.34. The Labute approximate surface area is 182 Å². The molecule has 0 aliphatic heterocycles. The van der Waals surface area contributed by atoms with Crippen LogP contribution in [-0.2, 0) is 17.8 Å². The van der Waals surface area contributed by atoms with Crippen LogP contribution in [0.3, 0.4) is 0 Å². The van der Waals surface area contributed by atoms with E-state index in [0.29, 0.717) is 30.3 Å². The molecule has 1 aromatic carbocycles. The Morgan fingerprint density at radius 3 is 2.68 bits per heavy atom. The smallest absolute Gasteiger partial charge is 0.251 e. The summed E-state index contributed by atoms with van der Waals surface area (Å²) in [7, 11) is 0. The minimum absolute atomic E-state index is 0.000283. The van der Waals surface area contributed by atoms with Gasteiger partial charge >= 0.3 is 0 Å². The first-order valence-corrected chi connectivity index (χ1v) is 10.5. The third-order valence-electron chi connectivity index (χ3n) is 5.46. The van der Waals surface area contributed by atoms with E-state index in [4.69, 9.17) is 9.72 Å². The van der Waals surface area contributed by atoms with Gasteiger partial charge in [0.15, 0.2) is 5.82 Å². The molecule has 1 N–H and O–H groups in total. The highest BCUT2D eigenvalue weighted by molar-refractivity contribution is 5.94. The topological polar surface area (TPSA) is 89.9 Å². The van der Waals surface area contributed by atoms with Crippen molar-refractivity contribution < 1.29 is 9.53 Å². The van der Waals surface area contributed by atoms with Crippen LogP contribution in [0.5, 0.6) is 0 Å². The lowest BCUT2D eigenvalue weighted by atomic mass is 9.74. The molecule has 0 saturated carbocycles. The molecule has 0 radical (unpaired) electrons. The van der Waals surface area contributed by atoms with Crippen LogP contribution >= 0.6 is 0 Å². The highest BCUT2D eigenvalue weighted by atomic mass is 16.5. The average molecular weight is 418 g/mol. The van der Waals surface area contributed by atoms with Crippen LogP contribution < -0.4 is 5.32 Å². The van der Waals surface area contributed by atoms with Gasteiger partial charge in [0.05, 0.1) is 24.5 Å². The summed E-state index contributed by atoms with van der Waals surface area (Å²) in [6, 6.07) is 7.39. The molecule has 1 aliphatic carbocycles. The largest absolute Gasteiger partial charge is 0.377 e. The number of hydrogen-bond acceptors (Lipinski definition) is 6. The van der Waals surface area contributed by atoms with E-state index in [-0.39, 0.29) is 17.4 Å². The Morgan fingerprint density at radius 2 is 1.97 bits per heavy atom. The van der Waals surface area contributed by atoms with Crippen molar-refractivity contribution in [1.29, 1.82) is 0 Å². The van der Waals surface area contributed by atoms with Crippen LogP contribution in [0.4, 0.5) is 0 Å². The zero-order valence-corrected chi connectivity index (χ0v) is 18.1. The average Bonchev–Trinajstić information content (AvgIpc) is 2.77. The maximum atomic E-state index is 12.9. The maximum absolute atomic E-state index is 12.9. The molecule has 0 spiro atoms. The van der Waals surface area contributed by atoms with E-state index >= 15 is 0 Å². The summed E-state index contributed by atoms with van der Waals surface area (Å²) >= 11 is 0. The van der Waals surface area contributed by atoms with Crippen LogP contribution in [-0.4, -0.2) is 32.4 Å². The Morgan fingerprint density at radius 1 is 1.16 bits per heavy atom. The number of fused-ring (bicyclic) bond motifs is 1. The molecule has 7 nitrogen and oxygen atoms in total. The number of benzene rings is 1. The molecule has 7 heteroatoms. The molecular formula is C24H27N5O2. The molecule has 1 amide bonds. The number of rotatable bonds is 6. The van der Waals surface area contributed by atoms with E-state index in [1.807, 2.05) is 37.4 Å². The van der Waals surface area contributed by atoms with Gasteiger partial charge in [0.25, 0.3) is 5.91 Å². The minimum atomic E-state index is -0.148. The maximum Gasteiger partial charge on any atom is 0.251 e. The fourth-order valence-corrected chi connectivity index (χ4v) is 3.93. The third-order valence-corrected chi connectivity index (χ3v) is 5.46. The number of aromatic nitrogens is 4. The number of carbonyl (C=O) groups excluding carboxylic acids is 1. The van der Waals surface area contributed by atoms with Crippen LogP contribution in [0.25, 0.3) is 11.5 Å². The summed E-state index contributed by atoms with van der Waals surface area (Å²) in [5.41, 5.74) is 4.23. The predicted octanol–water partition coefficient (Wildman–Crippen LogP) is 3.91. The van der Waals surface area contributed by atoms with Gasteiger partial charge in [-0.3, -0.25) is 9.78 Å². The third kappa shape index (κ3) is 4.94. The molecule has 1 atom stereocenters. The molecule has 0 unspecified atom stereocenters. The molecule has 31 heavy (non-hydrogen) atoms. The van der Waals surface area contributed by atoms with Gasteiger partial charge in [-0.1, -0.05) is 26.0 Å². The molecule has 160 valence electrons. The Balaban J connectivity index is 1.56. The number of amides is 1. The zero-order chi connectivity index (χ0) is 21.8. The van der Waals surface area contributed by atoms with Crippen LogP contribution in [0.2, 0.25) is 0 Å². The molecule has 0 bridgehead atoms. The SMILES string of the molecule is CCOCc1ccc(C(=O)N[C@@H]2CC(C)(C)Cc3nc(-c4cnccn4)ncc32)cc1. The molecule has 2 aromatic heterocycles. The monoisotopic (exact) mass is 417 g/mol. The highest BCUT2D eigenvalue weighted by Crippen LogP contribution is 2.40. The second kappa shape index (κ2) is 8.89. The van der Waals surface area contributed by atoms with Crippen molar-refractivity contribution in [2.45, 2.75) is 46.3 Å². The molecule has 3 aromatic rings. The molecule has 1 aliphatic rings. The van der Waals surface area contributed by atoms with Gasteiger partial charge in [-0.05, 0) is 42.9 Å². The van der Waals surface area contributed by atoms with Crippen molar-refractivity contribution in [1.82, 2.24) is 25.3 Å². The Bertz CT molecular complexity index is 1050. The van der Waals surface area contributed by atoms with Crippen molar-refractivity contribution in [3.05, 3.63) is 71.4 Å². The van der Waals surface area contributed by atoms with Gasteiger partial charge in [-0.2, -0.15) is 0 Å². The fraction of sp³-hybridized carbons (Fsp3) is 0.375. The summed E-state index contributed by atoms with van der Waals surface area (Å²) in [4.78, 5) is 30.6. The number of hydrogen-bond donors (Lipinski definition) is 1. The summed E-state index contributed by atoms with van der Waals surface area (Å²) in [5.74, 6) is 0.453. The summed E-state index contributed by atoms with van der Waals surface area (Å²) in [5, 5.41) is 3.19. The van der Waals surface area contributed by atoms with Gasteiger partial charge in [0.1, 0.15) is 5.69 Å². The minimum Gasteiger partial charge on any atom is -0.377 e. The van der Waals surface area contributed by atoms with Gasteiger partial charge in [0, 0.05) is 36.3 Å². The lowest BCUT2D eigenvalue weighted by Gasteiger charge is -2.36. The van der Waals surface area contributed by atoms with Crippen molar-refractivity contribution in [2.24, 2.45) is 5.41 Å². The van der Waals surface area contributed by atoms with Gasteiger partial charge in [0.2, 0.25) is 0 Å². The van der Waals surface area contributed by atoms with E-state index in [1.54, 1.807) is 18.6 Å². The second-order valence-corrected chi connectivity index (χ2v) is 8.59. The van der Waals surface area contributed by atoms with E-state index in [9.17, 15) is 4.79 Å². The van der Waals surface area contributed by atoms with Crippen LogP contribution in [0.15, 0.2) is 49.1 Å². The first-order valence-electron chi connectivity index (χ1n) is 10.5. The first-order chi connectivity index (χ1) is 14.9. The van der Waals surface area contributed by atoms with E-state index in [0.717, 1.165) is 29.7 Å². The molecule has 0 fully saturated rings. The van der Waals surface area contributed by atoms with Gasteiger partial charge in [-0.15, -0.1) is 0 Å². The van der Waals surface area contributed by atoms with Crippen molar-refractivity contribution in [3.63, 3.8) is 0 Å². The quantitative estimate of drug-likeness (QED) is 0.654. The van der Waals surface area contributed by atoms with E-state index in [2.05, 4.69) is 34.1 Å². The Kier molecular flexibility index (Phi) is 6.04. The summed E-state index contributed by atoms with van der Waals surface area (Å²) < 4.78 is 5.42. The lowest BCUT2D eigenvalue weighted by Crippen LogP contribution is -2.37. The normalized spacial score (nSPS) is 17.1. The number of nitrogens with one attached hydrogen (secondary N) is 1. The summed E-state index contributed by atoms with van der Waals surface area (Å²) in [6.45, 7) is 7.57. The standard InChI is InChI=1S/C24H27N5O2/c1-4-31-15-16-5-7-17(8-6-16)23(30)29-20-12-24(2,3)11-19-18(20)13-27-22(28-19)21-14-25-9-10-26-21/h5-10,13-14,20H,4,11-12,15H2,1-3H3,(H,29,30)/t20-/m1/s1. The van der Waals surface area contributed by atoms with Crippen molar-refractivity contribution >= 4 is 5.91 Å². The molecule has 4 rings (SSSR count). The fourth-order valence-electron chi connectivity index (χ4n) is 3.93. The zero-order valence-electron chi connectivity index (χ0n) is 18.1. The lowest BCUT2D eigenvalue weighted by molar-refractivity contribution is 0.0918. The predicted molar refractivity (Wildman–Crippen MR) is 117 cm³/mol. The van der Waals surface area contributed by atoms with E-state index in [1.165, 1.54) is 0 Å². The summed E-state index contributed by atoms with van der Waals surface area (Å²) in [6.07, 6.45) is 8.37. The van der Waals surface area contributed by atoms with Gasteiger partial charge in [-0.25, -0.2) is 15.0 Å². The van der Waals surface area contributed by atoms with Gasteiger partial charge < -0.3 is 10.1 Å². The Hall–Kier alpha value is -3.19. The van der Waals surface area contributed by atoms with Crippen molar-refractivity contribution in [3.8, 4) is 11.5 Å². The van der Waals surface area contributed by atoms with Crippen LogP contribution in [0.1, 0.15) is 60.4 Å².